The van der Waals surface area contributed by atoms with Crippen LogP contribution >= 0.6 is 11.8 Å². The van der Waals surface area contributed by atoms with Gasteiger partial charge in [-0.1, -0.05) is 0 Å². The number of rotatable bonds is 5. The second-order valence-corrected chi connectivity index (χ2v) is 4.42. The number of hydrogen-bond donors (Lipinski definition) is 2. The van der Waals surface area contributed by atoms with Crippen molar-refractivity contribution in [3.8, 4) is 0 Å². The van der Waals surface area contributed by atoms with E-state index in [2.05, 4.69) is 26.5 Å². The number of nitrogen functional groups attached to an aromatic ring is 1. The standard InChI is InChI=1S/C10H14N4OS/c1-16-6-2-5-12-8-4-3-7(11)9-10(8)14-15-13-9/h3-4,12H,2,5-6,11H2,1H3. The van der Waals surface area contributed by atoms with Crippen LogP contribution in [0.3, 0.4) is 0 Å². The summed E-state index contributed by atoms with van der Waals surface area (Å²) >= 11 is 1.84. The number of benzene rings is 1. The van der Waals surface area contributed by atoms with Crippen LogP contribution < -0.4 is 11.1 Å². The van der Waals surface area contributed by atoms with E-state index in [1.54, 1.807) is 0 Å². The van der Waals surface area contributed by atoms with E-state index in [1.807, 2.05) is 23.9 Å². The third kappa shape index (κ3) is 2.21. The molecule has 0 radical (unpaired) electrons. The first-order chi connectivity index (χ1) is 7.83. The number of aromatic nitrogens is 2. The molecule has 2 rings (SSSR count). The normalized spacial score (nSPS) is 10.8. The molecule has 0 spiro atoms. The average molecular weight is 238 g/mol. The molecule has 0 aliphatic rings. The third-order valence-electron chi connectivity index (χ3n) is 2.29. The van der Waals surface area contributed by atoms with Crippen molar-refractivity contribution in [3.63, 3.8) is 0 Å². The largest absolute Gasteiger partial charge is 0.397 e. The fraction of sp³-hybridized carbons (Fsp3) is 0.400. The smallest absolute Gasteiger partial charge is 0.160 e. The molecule has 0 atom stereocenters. The van der Waals surface area contributed by atoms with Gasteiger partial charge >= 0.3 is 0 Å². The van der Waals surface area contributed by atoms with E-state index in [4.69, 9.17) is 5.73 Å². The number of hydrogen-bond acceptors (Lipinski definition) is 6. The van der Waals surface area contributed by atoms with Crippen molar-refractivity contribution >= 4 is 34.2 Å². The van der Waals surface area contributed by atoms with Gasteiger partial charge in [-0.25, -0.2) is 4.63 Å². The van der Waals surface area contributed by atoms with Crippen molar-refractivity contribution in [3.05, 3.63) is 12.1 Å². The van der Waals surface area contributed by atoms with Gasteiger partial charge in [0.25, 0.3) is 0 Å². The Morgan fingerprint density at radius 1 is 1.38 bits per heavy atom. The fourth-order valence-corrected chi connectivity index (χ4v) is 1.90. The van der Waals surface area contributed by atoms with Gasteiger partial charge in [0.05, 0.1) is 11.4 Å². The maximum Gasteiger partial charge on any atom is 0.160 e. The number of nitrogens with zero attached hydrogens (tertiary/aromatic N) is 2. The first-order valence-corrected chi connectivity index (χ1v) is 6.46. The molecule has 0 unspecified atom stereocenters. The van der Waals surface area contributed by atoms with Crippen LogP contribution in [0.25, 0.3) is 11.0 Å². The molecule has 1 heterocycles. The van der Waals surface area contributed by atoms with Crippen LogP contribution in [0.2, 0.25) is 0 Å². The molecule has 3 N–H and O–H groups in total. The van der Waals surface area contributed by atoms with E-state index in [1.165, 1.54) is 0 Å². The Labute approximate surface area is 97.7 Å². The summed E-state index contributed by atoms with van der Waals surface area (Å²) in [7, 11) is 0. The molecule has 0 bridgehead atoms. The molecule has 1 aromatic carbocycles. The summed E-state index contributed by atoms with van der Waals surface area (Å²) in [4.78, 5) is 0. The number of fused-ring (bicyclic) bond motifs is 1. The van der Waals surface area contributed by atoms with Gasteiger partial charge < -0.3 is 11.1 Å². The lowest BCUT2D eigenvalue weighted by molar-refractivity contribution is 0.316. The van der Waals surface area contributed by atoms with E-state index < -0.39 is 0 Å². The van der Waals surface area contributed by atoms with Crippen LogP contribution in [0.1, 0.15) is 6.42 Å². The number of nitrogens with one attached hydrogen (secondary N) is 1. The summed E-state index contributed by atoms with van der Waals surface area (Å²) in [5.74, 6) is 1.14. The summed E-state index contributed by atoms with van der Waals surface area (Å²) in [6.45, 7) is 0.909. The monoisotopic (exact) mass is 238 g/mol. The molecule has 1 aromatic heterocycles. The van der Waals surface area contributed by atoms with Gasteiger partial charge in [-0.3, -0.25) is 0 Å². The molecule has 5 nitrogen and oxygen atoms in total. The first-order valence-electron chi connectivity index (χ1n) is 5.06. The predicted octanol–water partition coefficient (Wildman–Crippen LogP) is 1.97. The molecule has 0 amide bonds. The summed E-state index contributed by atoms with van der Waals surface area (Å²) in [6, 6.07) is 3.71. The zero-order chi connectivity index (χ0) is 11.4. The van der Waals surface area contributed by atoms with Crippen LogP contribution in [0.4, 0.5) is 11.4 Å². The van der Waals surface area contributed by atoms with Gasteiger partial charge in [0, 0.05) is 6.54 Å². The Morgan fingerprint density at radius 3 is 3.00 bits per heavy atom. The van der Waals surface area contributed by atoms with Crippen LogP contribution in [0, 0.1) is 0 Å². The van der Waals surface area contributed by atoms with Crippen molar-refractivity contribution in [2.24, 2.45) is 0 Å². The molecular weight excluding hydrogens is 224 g/mol. The highest BCUT2D eigenvalue weighted by Crippen LogP contribution is 2.24. The molecule has 0 aliphatic carbocycles. The zero-order valence-corrected chi connectivity index (χ0v) is 9.88. The van der Waals surface area contributed by atoms with E-state index in [9.17, 15) is 0 Å². The summed E-state index contributed by atoms with van der Waals surface area (Å²) in [5.41, 5.74) is 8.58. The van der Waals surface area contributed by atoms with E-state index in [-0.39, 0.29) is 0 Å². The molecule has 0 aliphatic heterocycles. The van der Waals surface area contributed by atoms with E-state index in [0.29, 0.717) is 16.7 Å². The van der Waals surface area contributed by atoms with Crippen molar-refractivity contribution in [1.29, 1.82) is 0 Å². The second-order valence-electron chi connectivity index (χ2n) is 3.44. The van der Waals surface area contributed by atoms with Crippen LogP contribution in [0.5, 0.6) is 0 Å². The van der Waals surface area contributed by atoms with Gasteiger partial charge in [-0.05, 0) is 40.9 Å². The lowest BCUT2D eigenvalue weighted by atomic mass is 10.2. The SMILES string of the molecule is CSCCCNc1ccc(N)c2nonc12. The number of anilines is 2. The lowest BCUT2D eigenvalue weighted by Crippen LogP contribution is -2.03. The molecule has 16 heavy (non-hydrogen) atoms. The Morgan fingerprint density at radius 2 is 2.19 bits per heavy atom. The minimum atomic E-state index is 0.589. The van der Waals surface area contributed by atoms with Crippen LogP contribution in [-0.2, 0) is 0 Å². The maximum atomic E-state index is 5.75. The minimum absolute atomic E-state index is 0.589. The van der Waals surface area contributed by atoms with Gasteiger partial charge in [0.15, 0.2) is 11.0 Å². The average Bonchev–Trinajstić information content (AvgIpc) is 2.77. The van der Waals surface area contributed by atoms with Gasteiger partial charge in [-0.2, -0.15) is 11.8 Å². The van der Waals surface area contributed by atoms with Gasteiger partial charge in [0.1, 0.15) is 0 Å². The number of nitrogens with two attached hydrogens (primary N) is 1. The van der Waals surface area contributed by atoms with Crippen molar-refractivity contribution in [1.82, 2.24) is 10.3 Å². The summed E-state index contributed by atoms with van der Waals surface area (Å²) in [6.07, 6.45) is 3.21. The van der Waals surface area contributed by atoms with Gasteiger partial charge in [-0.15, -0.1) is 0 Å². The van der Waals surface area contributed by atoms with Crippen molar-refractivity contribution < 1.29 is 4.63 Å². The lowest BCUT2D eigenvalue weighted by Gasteiger charge is -2.05. The fourth-order valence-electron chi connectivity index (χ4n) is 1.47. The first kappa shape index (κ1) is 11.1. The molecule has 86 valence electrons. The van der Waals surface area contributed by atoms with E-state index >= 15 is 0 Å². The highest BCUT2D eigenvalue weighted by atomic mass is 32.2. The quantitative estimate of drug-likeness (QED) is 0.612. The zero-order valence-electron chi connectivity index (χ0n) is 9.06. The highest BCUT2D eigenvalue weighted by Gasteiger charge is 2.08. The molecule has 6 heteroatoms. The Bertz CT molecular complexity index is 471. The predicted molar refractivity (Wildman–Crippen MR) is 67.7 cm³/mol. The summed E-state index contributed by atoms with van der Waals surface area (Å²) in [5, 5.41) is 10.9. The maximum absolute atomic E-state index is 5.75. The van der Waals surface area contributed by atoms with Gasteiger partial charge in [0.2, 0.25) is 0 Å². The van der Waals surface area contributed by atoms with Crippen molar-refractivity contribution in [2.45, 2.75) is 6.42 Å². The van der Waals surface area contributed by atoms with Crippen molar-refractivity contribution in [2.75, 3.05) is 29.6 Å². The Balaban J connectivity index is 2.12. The highest BCUT2D eigenvalue weighted by molar-refractivity contribution is 7.98. The topological polar surface area (TPSA) is 77.0 Å². The minimum Gasteiger partial charge on any atom is -0.397 e. The van der Waals surface area contributed by atoms with Crippen LogP contribution in [0.15, 0.2) is 16.8 Å². The van der Waals surface area contributed by atoms with Crippen LogP contribution in [-0.4, -0.2) is 28.9 Å². The molecular formula is C10H14N4OS. The van der Waals surface area contributed by atoms with E-state index in [0.717, 1.165) is 24.4 Å². The summed E-state index contributed by atoms with van der Waals surface area (Å²) < 4.78 is 4.69. The number of thioether (sulfide) groups is 1. The third-order valence-corrected chi connectivity index (χ3v) is 2.98. The Kier molecular flexibility index (Phi) is 3.51. The molecule has 0 saturated carbocycles. The Hall–Kier alpha value is -1.43. The molecule has 2 aromatic rings. The molecule has 0 saturated heterocycles. The molecule has 0 fully saturated rings. The second kappa shape index (κ2) is 5.07.